The largest absolute Gasteiger partial charge is 0.312 e. The molecular formula is C16H26N2O. The van der Waals surface area contributed by atoms with E-state index in [1.807, 2.05) is 17.6 Å². The summed E-state index contributed by atoms with van der Waals surface area (Å²) in [7, 11) is 0. The molecular weight excluding hydrogens is 236 g/mol. The van der Waals surface area contributed by atoms with Crippen LogP contribution in [0.3, 0.4) is 0 Å². The van der Waals surface area contributed by atoms with Crippen LogP contribution >= 0.6 is 0 Å². The lowest BCUT2D eigenvalue weighted by Gasteiger charge is -2.16. The maximum absolute atomic E-state index is 12.5. The van der Waals surface area contributed by atoms with Crippen LogP contribution in [-0.2, 0) is 13.1 Å². The maximum atomic E-state index is 12.5. The second-order valence-electron chi connectivity index (χ2n) is 6.17. The zero-order chi connectivity index (χ0) is 13.8. The van der Waals surface area contributed by atoms with Crippen molar-refractivity contribution in [2.75, 3.05) is 0 Å². The van der Waals surface area contributed by atoms with E-state index in [4.69, 9.17) is 0 Å². The molecule has 0 aliphatic heterocycles. The molecule has 0 saturated heterocycles. The molecule has 1 saturated carbocycles. The summed E-state index contributed by atoms with van der Waals surface area (Å²) < 4.78 is 1.91. The number of hydrogen-bond donors (Lipinski definition) is 1. The number of rotatable bonds is 5. The van der Waals surface area contributed by atoms with Gasteiger partial charge in [0.15, 0.2) is 0 Å². The minimum absolute atomic E-state index is 0.180. The molecule has 1 aromatic rings. The molecule has 1 aliphatic rings. The van der Waals surface area contributed by atoms with Crippen LogP contribution in [0.4, 0.5) is 0 Å². The van der Waals surface area contributed by atoms with Crippen LogP contribution in [0.5, 0.6) is 0 Å². The van der Waals surface area contributed by atoms with E-state index in [0.29, 0.717) is 18.5 Å². The van der Waals surface area contributed by atoms with Crippen molar-refractivity contribution in [3.8, 4) is 0 Å². The first-order valence-corrected chi connectivity index (χ1v) is 7.50. The van der Waals surface area contributed by atoms with Gasteiger partial charge in [0.05, 0.1) is 0 Å². The monoisotopic (exact) mass is 262 g/mol. The molecule has 2 rings (SSSR count). The minimum atomic E-state index is 0.180. The Labute approximate surface area is 116 Å². The lowest BCUT2D eigenvalue weighted by molar-refractivity contribution is 0.489. The minimum Gasteiger partial charge on any atom is -0.312 e. The topological polar surface area (TPSA) is 34.0 Å². The van der Waals surface area contributed by atoms with E-state index in [-0.39, 0.29) is 5.56 Å². The zero-order valence-electron chi connectivity index (χ0n) is 12.4. The Morgan fingerprint density at radius 1 is 1.32 bits per heavy atom. The summed E-state index contributed by atoms with van der Waals surface area (Å²) in [4.78, 5) is 12.5. The van der Waals surface area contributed by atoms with Gasteiger partial charge < -0.3 is 9.88 Å². The van der Waals surface area contributed by atoms with E-state index >= 15 is 0 Å². The molecule has 1 N–H and O–H groups in total. The van der Waals surface area contributed by atoms with Gasteiger partial charge in [-0.2, -0.15) is 0 Å². The average molecular weight is 262 g/mol. The quantitative estimate of drug-likeness (QED) is 0.885. The van der Waals surface area contributed by atoms with Crippen LogP contribution in [0.15, 0.2) is 16.9 Å². The summed E-state index contributed by atoms with van der Waals surface area (Å²) in [5, 5.41) is 3.53. The second kappa shape index (κ2) is 6.38. The van der Waals surface area contributed by atoms with Gasteiger partial charge in [0.2, 0.25) is 0 Å². The van der Waals surface area contributed by atoms with Crippen molar-refractivity contribution < 1.29 is 0 Å². The number of pyridine rings is 1. The molecule has 1 aliphatic carbocycles. The first-order chi connectivity index (χ1) is 9.08. The molecule has 0 amide bonds. The van der Waals surface area contributed by atoms with Gasteiger partial charge in [-0.3, -0.25) is 4.79 Å². The van der Waals surface area contributed by atoms with E-state index in [9.17, 15) is 4.79 Å². The van der Waals surface area contributed by atoms with E-state index in [1.165, 1.54) is 25.7 Å². The number of aromatic nitrogens is 1. The van der Waals surface area contributed by atoms with Crippen molar-refractivity contribution in [1.82, 2.24) is 9.88 Å². The van der Waals surface area contributed by atoms with Crippen LogP contribution in [0.1, 0.15) is 50.8 Å². The number of hydrogen-bond acceptors (Lipinski definition) is 2. The molecule has 0 spiro atoms. The predicted molar refractivity (Wildman–Crippen MR) is 79.4 cm³/mol. The first-order valence-electron chi connectivity index (χ1n) is 7.50. The molecule has 0 atom stereocenters. The Bertz CT molecular complexity index is 470. The SMILES string of the molecule is Cc1ccc(CNC2CCCC2)c(=O)n1CC(C)C. The first kappa shape index (κ1) is 14.3. The van der Waals surface area contributed by atoms with Gasteiger partial charge in [0.25, 0.3) is 5.56 Å². The van der Waals surface area contributed by atoms with Crippen LogP contribution in [0, 0.1) is 12.8 Å². The molecule has 0 bridgehead atoms. The Kier molecular flexibility index (Phi) is 4.81. The Hall–Kier alpha value is -1.09. The Morgan fingerprint density at radius 2 is 2.00 bits per heavy atom. The standard InChI is InChI=1S/C16H26N2O/c1-12(2)11-18-13(3)8-9-14(16(18)19)10-17-15-6-4-5-7-15/h8-9,12,15,17H,4-7,10-11H2,1-3H3. The van der Waals surface area contributed by atoms with Gasteiger partial charge in [0.1, 0.15) is 0 Å². The van der Waals surface area contributed by atoms with E-state index in [2.05, 4.69) is 25.2 Å². The van der Waals surface area contributed by atoms with Crippen molar-refractivity contribution in [1.29, 1.82) is 0 Å². The Morgan fingerprint density at radius 3 is 2.63 bits per heavy atom. The van der Waals surface area contributed by atoms with Crippen molar-refractivity contribution in [3.63, 3.8) is 0 Å². The molecule has 1 fully saturated rings. The van der Waals surface area contributed by atoms with Gasteiger partial charge in [-0.05, 0) is 31.7 Å². The van der Waals surface area contributed by atoms with E-state index in [0.717, 1.165) is 17.8 Å². The highest BCUT2D eigenvalue weighted by Crippen LogP contribution is 2.17. The lowest BCUT2D eigenvalue weighted by Crippen LogP contribution is -2.32. The summed E-state index contributed by atoms with van der Waals surface area (Å²) in [5.74, 6) is 0.495. The normalized spacial score (nSPS) is 16.4. The summed E-state index contributed by atoms with van der Waals surface area (Å²) in [6.45, 7) is 7.83. The molecule has 19 heavy (non-hydrogen) atoms. The summed E-state index contributed by atoms with van der Waals surface area (Å²) in [6.07, 6.45) is 5.16. The third-order valence-corrected chi connectivity index (χ3v) is 3.96. The van der Waals surface area contributed by atoms with Gasteiger partial charge in [-0.25, -0.2) is 0 Å². The summed E-state index contributed by atoms with van der Waals surface area (Å²) >= 11 is 0. The predicted octanol–water partition coefficient (Wildman–Crippen LogP) is 2.84. The third kappa shape index (κ3) is 3.69. The molecule has 1 heterocycles. The zero-order valence-corrected chi connectivity index (χ0v) is 12.4. The third-order valence-electron chi connectivity index (χ3n) is 3.96. The van der Waals surface area contributed by atoms with Gasteiger partial charge in [-0.15, -0.1) is 0 Å². The number of nitrogens with zero attached hydrogens (tertiary/aromatic N) is 1. The van der Waals surface area contributed by atoms with Crippen LogP contribution in [0.2, 0.25) is 0 Å². The van der Waals surface area contributed by atoms with Crippen LogP contribution < -0.4 is 10.9 Å². The van der Waals surface area contributed by atoms with Crippen molar-refractivity contribution in [3.05, 3.63) is 33.7 Å². The fourth-order valence-electron chi connectivity index (χ4n) is 2.83. The summed E-state index contributed by atoms with van der Waals surface area (Å²) in [5.41, 5.74) is 2.14. The fraction of sp³-hybridized carbons (Fsp3) is 0.688. The highest BCUT2D eigenvalue weighted by molar-refractivity contribution is 5.15. The van der Waals surface area contributed by atoms with Crippen molar-refractivity contribution >= 4 is 0 Å². The molecule has 0 unspecified atom stereocenters. The molecule has 0 aromatic carbocycles. The highest BCUT2D eigenvalue weighted by atomic mass is 16.1. The average Bonchev–Trinajstić information content (AvgIpc) is 2.86. The van der Waals surface area contributed by atoms with Gasteiger partial charge >= 0.3 is 0 Å². The maximum Gasteiger partial charge on any atom is 0.255 e. The number of nitrogens with one attached hydrogen (secondary N) is 1. The van der Waals surface area contributed by atoms with E-state index < -0.39 is 0 Å². The van der Waals surface area contributed by atoms with E-state index in [1.54, 1.807) is 0 Å². The van der Waals surface area contributed by atoms with Gasteiger partial charge in [0, 0.05) is 30.4 Å². The summed E-state index contributed by atoms with van der Waals surface area (Å²) in [6, 6.07) is 4.66. The van der Waals surface area contributed by atoms with Crippen molar-refractivity contribution in [2.24, 2.45) is 5.92 Å². The lowest BCUT2D eigenvalue weighted by atomic mass is 10.1. The Balaban J connectivity index is 2.09. The molecule has 3 heteroatoms. The highest BCUT2D eigenvalue weighted by Gasteiger charge is 2.15. The molecule has 3 nitrogen and oxygen atoms in total. The van der Waals surface area contributed by atoms with Crippen molar-refractivity contribution in [2.45, 2.75) is 65.6 Å². The smallest absolute Gasteiger partial charge is 0.255 e. The molecule has 1 aromatic heterocycles. The molecule has 0 radical (unpaired) electrons. The second-order valence-corrected chi connectivity index (χ2v) is 6.17. The van der Waals surface area contributed by atoms with Gasteiger partial charge in [-0.1, -0.05) is 32.8 Å². The molecule has 106 valence electrons. The number of aryl methyl sites for hydroxylation is 1. The van der Waals surface area contributed by atoms with Crippen LogP contribution in [-0.4, -0.2) is 10.6 Å². The van der Waals surface area contributed by atoms with Crippen LogP contribution in [0.25, 0.3) is 0 Å². The fourth-order valence-corrected chi connectivity index (χ4v) is 2.83.